The summed E-state index contributed by atoms with van der Waals surface area (Å²) in [5, 5.41) is 13.6. The van der Waals surface area contributed by atoms with Crippen molar-refractivity contribution in [1.29, 1.82) is 0 Å². The van der Waals surface area contributed by atoms with Crippen LogP contribution in [0.4, 0.5) is 9.93 Å². The Morgan fingerprint density at radius 1 is 1.06 bits per heavy atom. The highest BCUT2D eigenvalue weighted by molar-refractivity contribution is 7.17. The molecule has 1 aromatic heterocycles. The molecule has 0 spiro atoms. The summed E-state index contributed by atoms with van der Waals surface area (Å²) >= 11 is 0.969. The van der Waals surface area contributed by atoms with Crippen LogP contribution in [0.15, 0.2) is 54.7 Å². The van der Waals surface area contributed by atoms with Crippen molar-refractivity contribution < 1.29 is 24.2 Å². The molecule has 0 atom stereocenters. The van der Waals surface area contributed by atoms with Crippen LogP contribution in [0.5, 0.6) is 0 Å². The van der Waals surface area contributed by atoms with Crippen molar-refractivity contribution in [3.05, 3.63) is 70.7 Å². The first-order valence-corrected chi connectivity index (χ1v) is 10.4. The van der Waals surface area contributed by atoms with Gasteiger partial charge in [0.2, 0.25) is 0 Å². The third-order valence-corrected chi connectivity index (χ3v) is 5.73. The van der Waals surface area contributed by atoms with E-state index in [4.69, 9.17) is 9.84 Å². The van der Waals surface area contributed by atoms with Crippen LogP contribution in [0.3, 0.4) is 0 Å². The third kappa shape index (κ3) is 4.61. The number of hydrogen-bond donors (Lipinski definition) is 3. The Labute approximate surface area is 187 Å². The molecular formula is C23H17N3O5S. The van der Waals surface area contributed by atoms with Gasteiger partial charge in [-0.25, -0.2) is 14.6 Å². The molecule has 9 heteroatoms. The summed E-state index contributed by atoms with van der Waals surface area (Å²) in [6, 6.07) is 16.1. The Hall–Kier alpha value is -4.16. The van der Waals surface area contributed by atoms with Crippen molar-refractivity contribution in [2.75, 3.05) is 18.5 Å². The second-order valence-electron chi connectivity index (χ2n) is 6.77. The first kappa shape index (κ1) is 21.1. The Bertz CT molecular complexity index is 1210. The maximum atomic E-state index is 12.3. The summed E-state index contributed by atoms with van der Waals surface area (Å²) in [4.78, 5) is 38.9. The number of carbonyl (C=O) groups excluding carboxylic acids is 2. The zero-order valence-electron chi connectivity index (χ0n) is 16.6. The van der Waals surface area contributed by atoms with E-state index in [0.717, 1.165) is 33.6 Å². The SMILES string of the molecule is O=C(O)C#CCNC(=O)c1cnc(NC(=O)OCC2c3ccccc3-c3ccccc32)s1. The number of rotatable bonds is 5. The van der Waals surface area contributed by atoms with Gasteiger partial charge in [-0.1, -0.05) is 65.8 Å². The molecule has 3 aromatic rings. The fourth-order valence-electron chi connectivity index (χ4n) is 3.49. The van der Waals surface area contributed by atoms with Crippen molar-refractivity contribution in [3.8, 4) is 23.0 Å². The summed E-state index contributed by atoms with van der Waals surface area (Å²) in [5.41, 5.74) is 4.50. The average Bonchev–Trinajstić information content (AvgIpc) is 3.38. The van der Waals surface area contributed by atoms with Gasteiger partial charge in [-0.05, 0) is 22.3 Å². The molecule has 1 heterocycles. The van der Waals surface area contributed by atoms with E-state index in [1.165, 1.54) is 6.20 Å². The molecule has 1 aliphatic rings. The van der Waals surface area contributed by atoms with Crippen LogP contribution in [-0.2, 0) is 9.53 Å². The number of amides is 2. The number of carboxylic acid groups (broad SMARTS) is 1. The Kier molecular flexibility index (Phi) is 6.14. The van der Waals surface area contributed by atoms with Crippen molar-refractivity contribution in [2.45, 2.75) is 5.92 Å². The first-order chi connectivity index (χ1) is 15.5. The van der Waals surface area contributed by atoms with Gasteiger partial charge in [0.1, 0.15) is 11.5 Å². The molecule has 0 saturated heterocycles. The van der Waals surface area contributed by atoms with Crippen LogP contribution in [-0.4, -0.2) is 41.2 Å². The van der Waals surface area contributed by atoms with E-state index >= 15 is 0 Å². The molecule has 160 valence electrons. The lowest BCUT2D eigenvalue weighted by Crippen LogP contribution is -2.22. The lowest BCUT2D eigenvalue weighted by molar-refractivity contribution is -0.130. The maximum Gasteiger partial charge on any atom is 0.413 e. The highest BCUT2D eigenvalue weighted by Crippen LogP contribution is 2.44. The molecule has 4 rings (SSSR count). The van der Waals surface area contributed by atoms with E-state index in [1.54, 1.807) is 0 Å². The van der Waals surface area contributed by atoms with Crippen molar-refractivity contribution in [3.63, 3.8) is 0 Å². The van der Waals surface area contributed by atoms with E-state index in [1.807, 2.05) is 42.3 Å². The number of aromatic nitrogens is 1. The molecule has 0 fully saturated rings. The molecule has 2 amide bonds. The Morgan fingerprint density at radius 3 is 2.38 bits per heavy atom. The van der Waals surface area contributed by atoms with Gasteiger partial charge in [0.15, 0.2) is 5.13 Å². The number of carbonyl (C=O) groups is 3. The predicted molar refractivity (Wildman–Crippen MR) is 119 cm³/mol. The van der Waals surface area contributed by atoms with Gasteiger partial charge in [0.05, 0.1) is 12.7 Å². The fraction of sp³-hybridized carbons (Fsp3) is 0.130. The number of benzene rings is 2. The van der Waals surface area contributed by atoms with Gasteiger partial charge in [0, 0.05) is 11.8 Å². The number of fused-ring (bicyclic) bond motifs is 3. The second kappa shape index (κ2) is 9.32. The van der Waals surface area contributed by atoms with E-state index in [0.29, 0.717) is 0 Å². The van der Waals surface area contributed by atoms with E-state index in [9.17, 15) is 14.4 Å². The molecule has 0 radical (unpaired) electrons. The molecule has 2 aromatic carbocycles. The standard InChI is InChI=1S/C23H17N3O5S/c27-20(28)10-5-11-24-21(29)19-12-25-22(32-19)26-23(30)31-13-18-16-8-3-1-6-14(16)15-7-2-4-9-17(15)18/h1-4,6-9,12,18H,11,13H2,(H,24,29)(H,27,28)(H,25,26,30). The zero-order valence-corrected chi connectivity index (χ0v) is 17.4. The van der Waals surface area contributed by atoms with Crippen molar-refractivity contribution in [2.24, 2.45) is 0 Å². The van der Waals surface area contributed by atoms with Crippen LogP contribution in [0.1, 0.15) is 26.7 Å². The summed E-state index contributed by atoms with van der Waals surface area (Å²) in [6.07, 6.45) is 0.643. The maximum absolute atomic E-state index is 12.3. The monoisotopic (exact) mass is 447 g/mol. The topological polar surface area (TPSA) is 118 Å². The molecule has 0 bridgehead atoms. The number of anilines is 1. The van der Waals surface area contributed by atoms with Crippen LogP contribution in [0.2, 0.25) is 0 Å². The van der Waals surface area contributed by atoms with Gasteiger partial charge in [-0.3, -0.25) is 10.1 Å². The predicted octanol–water partition coefficient (Wildman–Crippen LogP) is 3.32. The Balaban J connectivity index is 1.34. The first-order valence-electron chi connectivity index (χ1n) is 9.60. The summed E-state index contributed by atoms with van der Waals surface area (Å²) in [5.74, 6) is 2.40. The number of nitrogens with one attached hydrogen (secondary N) is 2. The van der Waals surface area contributed by atoms with Crippen LogP contribution in [0.25, 0.3) is 11.1 Å². The molecule has 0 aliphatic heterocycles. The number of aliphatic carboxylic acids is 1. The minimum absolute atomic E-state index is 0.0577. The number of carboxylic acids is 1. The summed E-state index contributed by atoms with van der Waals surface area (Å²) in [7, 11) is 0. The highest BCUT2D eigenvalue weighted by Gasteiger charge is 2.29. The quantitative estimate of drug-likeness (QED) is 0.517. The van der Waals surface area contributed by atoms with Gasteiger partial charge >= 0.3 is 12.1 Å². The second-order valence-corrected chi connectivity index (χ2v) is 7.80. The Morgan fingerprint density at radius 2 is 1.72 bits per heavy atom. The molecule has 0 saturated carbocycles. The van der Waals surface area contributed by atoms with E-state index in [-0.39, 0.29) is 29.1 Å². The number of nitrogens with zero attached hydrogens (tertiary/aromatic N) is 1. The fourth-order valence-corrected chi connectivity index (χ4v) is 4.21. The minimum atomic E-state index is -1.27. The largest absolute Gasteiger partial charge is 0.472 e. The van der Waals surface area contributed by atoms with Gasteiger partial charge in [-0.2, -0.15) is 0 Å². The van der Waals surface area contributed by atoms with E-state index < -0.39 is 18.0 Å². The molecule has 32 heavy (non-hydrogen) atoms. The molecule has 0 unspecified atom stereocenters. The molecule has 8 nitrogen and oxygen atoms in total. The zero-order chi connectivity index (χ0) is 22.5. The number of ether oxygens (including phenoxy) is 1. The lowest BCUT2D eigenvalue weighted by Gasteiger charge is -2.14. The van der Waals surface area contributed by atoms with Crippen LogP contribution in [0, 0.1) is 11.8 Å². The molecule has 1 aliphatic carbocycles. The lowest BCUT2D eigenvalue weighted by atomic mass is 9.98. The van der Waals surface area contributed by atoms with Gasteiger partial charge in [0.25, 0.3) is 5.91 Å². The number of thiazole rings is 1. The minimum Gasteiger partial charge on any atom is -0.472 e. The van der Waals surface area contributed by atoms with Gasteiger partial charge < -0.3 is 15.2 Å². The summed E-state index contributed by atoms with van der Waals surface area (Å²) < 4.78 is 5.46. The van der Waals surface area contributed by atoms with Crippen LogP contribution >= 0.6 is 11.3 Å². The molecule has 3 N–H and O–H groups in total. The van der Waals surface area contributed by atoms with Gasteiger partial charge in [-0.15, -0.1) is 0 Å². The summed E-state index contributed by atoms with van der Waals surface area (Å²) in [6.45, 7) is 0.0546. The van der Waals surface area contributed by atoms with Crippen molar-refractivity contribution in [1.82, 2.24) is 10.3 Å². The normalized spacial score (nSPS) is 11.5. The number of hydrogen-bond acceptors (Lipinski definition) is 6. The highest BCUT2D eigenvalue weighted by atomic mass is 32.1. The van der Waals surface area contributed by atoms with Crippen molar-refractivity contribution >= 4 is 34.4 Å². The third-order valence-electron chi connectivity index (χ3n) is 4.81. The molecular weight excluding hydrogens is 430 g/mol. The smallest absolute Gasteiger partial charge is 0.413 e. The average molecular weight is 447 g/mol. The van der Waals surface area contributed by atoms with E-state index in [2.05, 4.69) is 33.7 Å². The van der Waals surface area contributed by atoms with Crippen LogP contribution < -0.4 is 10.6 Å².